The van der Waals surface area contributed by atoms with Crippen LogP contribution in [0.3, 0.4) is 0 Å². The number of nitrogens with one attached hydrogen (secondary N) is 1. The molecule has 8 heteroatoms. The van der Waals surface area contributed by atoms with Gasteiger partial charge in [0.05, 0.1) is 25.5 Å². The second-order valence-electron chi connectivity index (χ2n) is 5.18. The van der Waals surface area contributed by atoms with Crippen molar-refractivity contribution in [1.82, 2.24) is 10.2 Å². The number of hydrogen-bond donors (Lipinski definition) is 1. The zero-order valence-electron chi connectivity index (χ0n) is 14.3. The Labute approximate surface area is 159 Å². The van der Waals surface area contributed by atoms with Crippen LogP contribution in [0.15, 0.2) is 52.9 Å². The lowest BCUT2D eigenvalue weighted by molar-refractivity contribution is 0.0600. The summed E-state index contributed by atoms with van der Waals surface area (Å²) in [5.41, 5.74) is 2.48. The average molecular weight is 387 g/mol. The second-order valence-corrected chi connectivity index (χ2v) is 7.38. The van der Waals surface area contributed by atoms with Gasteiger partial charge >= 0.3 is 5.97 Å². The number of rotatable bonds is 7. The maximum atomic E-state index is 11.4. The van der Waals surface area contributed by atoms with Crippen molar-refractivity contribution in [2.45, 2.75) is 10.1 Å². The number of carbonyl (C=O) groups is 1. The van der Waals surface area contributed by atoms with Crippen LogP contribution in [0.5, 0.6) is 5.75 Å². The number of hydrogen-bond acceptors (Lipinski definition) is 8. The Morgan fingerprint density at radius 2 is 1.88 bits per heavy atom. The van der Waals surface area contributed by atoms with Crippen LogP contribution >= 0.6 is 23.1 Å². The van der Waals surface area contributed by atoms with Gasteiger partial charge in [0.2, 0.25) is 5.13 Å². The molecule has 0 fully saturated rings. The molecule has 0 radical (unpaired) electrons. The molecule has 2 aromatic carbocycles. The molecule has 3 rings (SSSR count). The van der Waals surface area contributed by atoms with Crippen molar-refractivity contribution >= 4 is 39.9 Å². The van der Waals surface area contributed by atoms with Crippen LogP contribution < -0.4 is 10.1 Å². The molecule has 0 aliphatic carbocycles. The molecule has 134 valence electrons. The van der Waals surface area contributed by atoms with Gasteiger partial charge in [-0.2, -0.15) is 0 Å². The number of esters is 1. The minimum Gasteiger partial charge on any atom is -0.495 e. The van der Waals surface area contributed by atoms with Gasteiger partial charge < -0.3 is 14.8 Å². The number of thioether (sulfide) groups is 1. The molecule has 0 saturated carbocycles. The summed E-state index contributed by atoms with van der Waals surface area (Å²) in [6, 6.07) is 15.0. The third kappa shape index (κ3) is 4.53. The highest BCUT2D eigenvalue weighted by atomic mass is 32.2. The van der Waals surface area contributed by atoms with E-state index in [4.69, 9.17) is 9.47 Å². The maximum absolute atomic E-state index is 11.4. The summed E-state index contributed by atoms with van der Waals surface area (Å²) in [6.07, 6.45) is 0. The SMILES string of the molecule is COC(=O)c1ccc(CSc2nnc(Nc3ccccc3OC)s2)cc1. The van der Waals surface area contributed by atoms with Crippen LogP contribution in [0.2, 0.25) is 0 Å². The molecule has 26 heavy (non-hydrogen) atoms. The van der Waals surface area contributed by atoms with Gasteiger partial charge in [-0.05, 0) is 29.8 Å². The van der Waals surface area contributed by atoms with Crippen molar-refractivity contribution in [3.63, 3.8) is 0 Å². The Morgan fingerprint density at radius 1 is 1.12 bits per heavy atom. The van der Waals surface area contributed by atoms with Crippen molar-refractivity contribution in [2.75, 3.05) is 19.5 Å². The monoisotopic (exact) mass is 387 g/mol. The molecular formula is C18H17N3O3S2. The van der Waals surface area contributed by atoms with Crippen LogP contribution in [0.4, 0.5) is 10.8 Å². The van der Waals surface area contributed by atoms with Gasteiger partial charge in [-0.3, -0.25) is 0 Å². The van der Waals surface area contributed by atoms with Crippen LogP contribution in [0, 0.1) is 0 Å². The van der Waals surface area contributed by atoms with Crippen LogP contribution in [0.1, 0.15) is 15.9 Å². The maximum Gasteiger partial charge on any atom is 0.337 e. The van der Waals surface area contributed by atoms with Gasteiger partial charge in [-0.1, -0.05) is 47.4 Å². The minimum atomic E-state index is -0.333. The molecule has 1 N–H and O–H groups in total. The summed E-state index contributed by atoms with van der Waals surface area (Å²) in [6.45, 7) is 0. The molecule has 6 nitrogen and oxygen atoms in total. The first kappa shape index (κ1) is 18.2. The molecule has 0 spiro atoms. The van der Waals surface area contributed by atoms with E-state index in [0.717, 1.165) is 27.1 Å². The average Bonchev–Trinajstić information content (AvgIpc) is 3.14. The largest absolute Gasteiger partial charge is 0.495 e. The zero-order chi connectivity index (χ0) is 18.4. The molecule has 1 heterocycles. The van der Waals surface area contributed by atoms with Gasteiger partial charge in [-0.25, -0.2) is 4.79 Å². The molecule has 0 atom stereocenters. The fourth-order valence-corrected chi connectivity index (χ4v) is 3.90. The van der Waals surface area contributed by atoms with Crippen molar-refractivity contribution in [3.8, 4) is 5.75 Å². The molecule has 3 aromatic rings. The number of anilines is 2. The molecule has 0 aliphatic heterocycles. The first-order valence-electron chi connectivity index (χ1n) is 7.73. The fourth-order valence-electron chi connectivity index (χ4n) is 2.18. The van der Waals surface area contributed by atoms with E-state index in [9.17, 15) is 4.79 Å². The summed E-state index contributed by atoms with van der Waals surface area (Å²) in [4.78, 5) is 11.4. The van der Waals surface area contributed by atoms with Crippen molar-refractivity contribution in [1.29, 1.82) is 0 Å². The van der Waals surface area contributed by atoms with E-state index in [0.29, 0.717) is 10.7 Å². The topological polar surface area (TPSA) is 73.3 Å². The molecule has 0 unspecified atom stereocenters. The van der Waals surface area contributed by atoms with Crippen LogP contribution in [0.25, 0.3) is 0 Å². The van der Waals surface area contributed by atoms with E-state index in [2.05, 4.69) is 15.5 Å². The third-order valence-corrected chi connectivity index (χ3v) is 5.54. The Hall–Kier alpha value is -2.58. The lowest BCUT2D eigenvalue weighted by atomic mass is 10.1. The number of nitrogens with zero attached hydrogens (tertiary/aromatic N) is 2. The lowest BCUT2D eigenvalue weighted by Crippen LogP contribution is -2.00. The van der Waals surface area contributed by atoms with E-state index in [1.165, 1.54) is 18.4 Å². The first-order valence-corrected chi connectivity index (χ1v) is 9.53. The smallest absolute Gasteiger partial charge is 0.337 e. The summed E-state index contributed by atoms with van der Waals surface area (Å²) < 4.78 is 10.9. The highest BCUT2D eigenvalue weighted by Crippen LogP contribution is 2.32. The Bertz CT molecular complexity index is 881. The molecular weight excluding hydrogens is 370 g/mol. The highest BCUT2D eigenvalue weighted by molar-refractivity contribution is 8.00. The van der Waals surface area contributed by atoms with Gasteiger partial charge in [0.1, 0.15) is 5.75 Å². The van der Waals surface area contributed by atoms with Gasteiger partial charge in [0.25, 0.3) is 0 Å². The number of methoxy groups -OCH3 is 2. The summed E-state index contributed by atoms with van der Waals surface area (Å²) in [7, 11) is 3.01. The summed E-state index contributed by atoms with van der Waals surface area (Å²) in [5, 5.41) is 12.3. The van der Waals surface area contributed by atoms with Crippen molar-refractivity contribution < 1.29 is 14.3 Å². The number of aromatic nitrogens is 2. The van der Waals surface area contributed by atoms with E-state index in [-0.39, 0.29) is 5.97 Å². The van der Waals surface area contributed by atoms with Gasteiger partial charge in [-0.15, -0.1) is 10.2 Å². The number of ether oxygens (including phenoxy) is 2. The van der Waals surface area contributed by atoms with Crippen molar-refractivity contribution in [2.24, 2.45) is 0 Å². The third-order valence-electron chi connectivity index (χ3n) is 3.49. The quantitative estimate of drug-likeness (QED) is 0.477. The zero-order valence-corrected chi connectivity index (χ0v) is 15.9. The van der Waals surface area contributed by atoms with Crippen LogP contribution in [-0.4, -0.2) is 30.4 Å². The Balaban J connectivity index is 1.59. The highest BCUT2D eigenvalue weighted by Gasteiger charge is 2.09. The summed E-state index contributed by atoms with van der Waals surface area (Å²) in [5.74, 6) is 1.16. The molecule has 0 amide bonds. The van der Waals surface area contributed by atoms with E-state index >= 15 is 0 Å². The second kappa shape index (κ2) is 8.68. The number of benzene rings is 2. The predicted molar refractivity (Wildman–Crippen MR) is 104 cm³/mol. The Morgan fingerprint density at radius 3 is 2.62 bits per heavy atom. The fraction of sp³-hybridized carbons (Fsp3) is 0.167. The van der Waals surface area contributed by atoms with E-state index in [1.54, 1.807) is 31.0 Å². The van der Waals surface area contributed by atoms with Crippen molar-refractivity contribution in [3.05, 3.63) is 59.7 Å². The predicted octanol–water partition coefficient (Wildman–Crippen LogP) is 4.37. The van der Waals surface area contributed by atoms with Gasteiger partial charge in [0.15, 0.2) is 4.34 Å². The molecule has 1 aromatic heterocycles. The van der Waals surface area contributed by atoms with E-state index in [1.807, 2.05) is 36.4 Å². The standard InChI is InChI=1S/C18H17N3O3S2/c1-23-15-6-4-3-5-14(15)19-17-20-21-18(26-17)25-11-12-7-9-13(10-8-12)16(22)24-2/h3-10H,11H2,1-2H3,(H,19,20). The molecule has 0 saturated heterocycles. The van der Waals surface area contributed by atoms with Crippen LogP contribution in [-0.2, 0) is 10.5 Å². The summed E-state index contributed by atoms with van der Waals surface area (Å²) >= 11 is 3.07. The first-order chi connectivity index (χ1) is 12.7. The number of carbonyl (C=O) groups excluding carboxylic acids is 1. The Kier molecular flexibility index (Phi) is 6.08. The number of para-hydroxylation sites is 2. The minimum absolute atomic E-state index is 0.333. The normalized spacial score (nSPS) is 10.4. The molecule has 0 aliphatic rings. The van der Waals surface area contributed by atoms with E-state index < -0.39 is 0 Å². The van der Waals surface area contributed by atoms with Gasteiger partial charge in [0, 0.05) is 5.75 Å². The molecule has 0 bridgehead atoms. The lowest BCUT2D eigenvalue weighted by Gasteiger charge is -2.07.